The van der Waals surface area contributed by atoms with Gasteiger partial charge in [-0.05, 0) is 43.5 Å². The Balaban J connectivity index is 2.09. The smallest absolute Gasteiger partial charge is 0.123 e. The van der Waals surface area contributed by atoms with Gasteiger partial charge in [0.05, 0.1) is 7.11 Å². The van der Waals surface area contributed by atoms with Crippen LogP contribution in [0, 0.1) is 13.8 Å². The Morgan fingerprint density at radius 3 is 2.38 bits per heavy atom. The van der Waals surface area contributed by atoms with Gasteiger partial charge in [0.25, 0.3) is 0 Å². The van der Waals surface area contributed by atoms with Crippen molar-refractivity contribution in [2.45, 2.75) is 33.4 Å². The molecule has 112 valence electrons. The van der Waals surface area contributed by atoms with Gasteiger partial charge in [-0.25, -0.2) is 0 Å². The lowest BCUT2D eigenvalue weighted by molar-refractivity contribution is 0.401. The molecule has 1 atom stereocenters. The van der Waals surface area contributed by atoms with Crippen molar-refractivity contribution in [1.82, 2.24) is 5.32 Å². The summed E-state index contributed by atoms with van der Waals surface area (Å²) in [4.78, 5) is 0. The number of ether oxygens (including phenoxy) is 1. The third-order valence-corrected chi connectivity index (χ3v) is 3.77. The summed E-state index contributed by atoms with van der Waals surface area (Å²) in [7, 11) is 1.69. The predicted molar refractivity (Wildman–Crippen MR) is 85.8 cm³/mol. The summed E-state index contributed by atoms with van der Waals surface area (Å²) in [5.74, 6) is 1.28. The van der Waals surface area contributed by atoms with Crippen LogP contribution >= 0.6 is 0 Å². The van der Waals surface area contributed by atoms with Crippen LogP contribution < -0.4 is 10.1 Å². The van der Waals surface area contributed by atoms with Gasteiger partial charge >= 0.3 is 0 Å². The van der Waals surface area contributed by atoms with E-state index in [0.29, 0.717) is 5.75 Å². The fraction of sp³-hybridized carbons (Fsp3) is 0.333. The molecule has 0 amide bonds. The molecule has 0 saturated heterocycles. The fourth-order valence-electron chi connectivity index (χ4n) is 2.55. The van der Waals surface area contributed by atoms with Gasteiger partial charge < -0.3 is 15.2 Å². The Morgan fingerprint density at radius 1 is 1.14 bits per heavy atom. The Morgan fingerprint density at radius 2 is 1.76 bits per heavy atom. The summed E-state index contributed by atoms with van der Waals surface area (Å²) >= 11 is 0. The topological polar surface area (TPSA) is 41.5 Å². The molecule has 0 fully saturated rings. The third kappa shape index (κ3) is 3.56. The first-order chi connectivity index (χ1) is 10.0. The van der Waals surface area contributed by atoms with Crippen molar-refractivity contribution in [2.75, 3.05) is 7.11 Å². The van der Waals surface area contributed by atoms with Gasteiger partial charge in [0.2, 0.25) is 0 Å². The zero-order chi connectivity index (χ0) is 15.4. The molecule has 0 aromatic heterocycles. The quantitative estimate of drug-likeness (QED) is 0.876. The Bertz CT molecular complexity index is 599. The van der Waals surface area contributed by atoms with Gasteiger partial charge in [-0.15, -0.1) is 0 Å². The Labute approximate surface area is 126 Å². The first-order valence-electron chi connectivity index (χ1n) is 7.18. The number of aromatic hydroxyl groups is 1. The second-order valence-corrected chi connectivity index (χ2v) is 5.42. The average molecular weight is 285 g/mol. The van der Waals surface area contributed by atoms with Crippen molar-refractivity contribution in [3.8, 4) is 11.5 Å². The highest BCUT2D eigenvalue weighted by molar-refractivity contribution is 5.42. The summed E-state index contributed by atoms with van der Waals surface area (Å²) in [5.41, 5.74) is 4.14. The van der Waals surface area contributed by atoms with Gasteiger partial charge in [0.15, 0.2) is 0 Å². The first-order valence-corrected chi connectivity index (χ1v) is 7.18. The van der Waals surface area contributed by atoms with E-state index in [1.165, 1.54) is 5.56 Å². The van der Waals surface area contributed by atoms with E-state index in [9.17, 15) is 5.11 Å². The van der Waals surface area contributed by atoms with Crippen LogP contribution in [0.4, 0.5) is 0 Å². The highest BCUT2D eigenvalue weighted by Gasteiger charge is 2.11. The number of hydrogen-bond acceptors (Lipinski definition) is 3. The number of hydrogen-bond donors (Lipinski definition) is 2. The zero-order valence-corrected chi connectivity index (χ0v) is 13.1. The number of aryl methyl sites for hydroxylation is 2. The Kier molecular flexibility index (Phi) is 4.86. The van der Waals surface area contributed by atoms with Crippen molar-refractivity contribution in [2.24, 2.45) is 0 Å². The first kappa shape index (κ1) is 15.4. The van der Waals surface area contributed by atoms with Crippen molar-refractivity contribution in [1.29, 1.82) is 0 Å². The van der Waals surface area contributed by atoms with E-state index in [1.807, 2.05) is 44.2 Å². The minimum absolute atomic E-state index is 0.190. The Hall–Kier alpha value is -2.00. The maximum absolute atomic E-state index is 9.82. The molecule has 0 aliphatic rings. The van der Waals surface area contributed by atoms with E-state index in [2.05, 4.69) is 18.3 Å². The molecule has 0 radical (unpaired) electrons. The fourth-order valence-corrected chi connectivity index (χ4v) is 2.55. The number of benzene rings is 2. The van der Waals surface area contributed by atoms with Crippen molar-refractivity contribution in [3.05, 3.63) is 58.7 Å². The normalized spacial score (nSPS) is 12.2. The lowest BCUT2D eigenvalue weighted by atomic mass is 10.0. The molecule has 3 nitrogen and oxygen atoms in total. The second kappa shape index (κ2) is 6.64. The van der Waals surface area contributed by atoms with Crippen LogP contribution in [0.2, 0.25) is 0 Å². The second-order valence-electron chi connectivity index (χ2n) is 5.42. The molecule has 0 aliphatic heterocycles. The maximum atomic E-state index is 9.82. The molecule has 3 heteroatoms. The van der Waals surface area contributed by atoms with E-state index in [0.717, 1.165) is 29.0 Å². The molecule has 0 spiro atoms. The maximum Gasteiger partial charge on any atom is 0.123 e. The number of phenols is 1. The van der Waals surface area contributed by atoms with Crippen molar-refractivity contribution < 1.29 is 9.84 Å². The highest BCUT2D eigenvalue weighted by atomic mass is 16.5. The average Bonchev–Trinajstić information content (AvgIpc) is 2.50. The number of nitrogens with one attached hydrogen (secondary N) is 1. The number of phenolic OH excluding ortho intramolecular Hbond substituents is 1. The minimum Gasteiger partial charge on any atom is -0.507 e. The van der Waals surface area contributed by atoms with Crippen molar-refractivity contribution in [3.63, 3.8) is 0 Å². The largest absolute Gasteiger partial charge is 0.507 e. The van der Waals surface area contributed by atoms with Crippen LogP contribution in [0.5, 0.6) is 11.5 Å². The SMILES string of the molecule is COc1ccccc1[C@@H](C)NCc1cc(C)c(O)c(C)c1. The number of para-hydroxylation sites is 1. The van der Waals surface area contributed by atoms with Crippen LogP contribution in [0.25, 0.3) is 0 Å². The molecule has 2 aromatic carbocycles. The summed E-state index contributed by atoms with van der Waals surface area (Å²) in [6, 6.07) is 12.3. The van der Waals surface area contributed by atoms with Crippen LogP contribution in [0.15, 0.2) is 36.4 Å². The lowest BCUT2D eigenvalue weighted by Crippen LogP contribution is -2.18. The van der Waals surface area contributed by atoms with Crippen LogP contribution in [0.1, 0.15) is 35.2 Å². The number of rotatable bonds is 5. The summed E-state index contributed by atoms with van der Waals surface area (Å²) in [6.45, 7) is 6.73. The van der Waals surface area contributed by atoms with E-state index in [-0.39, 0.29) is 6.04 Å². The predicted octanol–water partition coefficient (Wildman–Crippen LogP) is 3.87. The molecule has 0 saturated carbocycles. The van der Waals surface area contributed by atoms with E-state index < -0.39 is 0 Å². The monoisotopic (exact) mass is 285 g/mol. The van der Waals surface area contributed by atoms with E-state index in [1.54, 1.807) is 7.11 Å². The molecule has 0 aliphatic carbocycles. The van der Waals surface area contributed by atoms with Gasteiger partial charge in [-0.1, -0.05) is 30.3 Å². The van der Waals surface area contributed by atoms with Gasteiger partial charge in [0.1, 0.15) is 11.5 Å². The molecule has 2 aromatic rings. The summed E-state index contributed by atoms with van der Waals surface area (Å²) in [6.07, 6.45) is 0. The highest BCUT2D eigenvalue weighted by Crippen LogP contribution is 2.26. The molecule has 0 bridgehead atoms. The van der Waals surface area contributed by atoms with Crippen molar-refractivity contribution >= 4 is 0 Å². The molecule has 0 heterocycles. The molecular formula is C18H23NO2. The zero-order valence-electron chi connectivity index (χ0n) is 13.1. The van der Waals surface area contributed by atoms with E-state index in [4.69, 9.17) is 4.74 Å². The van der Waals surface area contributed by atoms with Gasteiger partial charge in [0, 0.05) is 18.2 Å². The molecule has 2 rings (SSSR count). The molecule has 21 heavy (non-hydrogen) atoms. The van der Waals surface area contributed by atoms with Crippen LogP contribution in [-0.2, 0) is 6.54 Å². The molecule has 0 unspecified atom stereocenters. The third-order valence-electron chi connectivity index (χ3n) is 3.77. The standard InChI is InChI=1S/C18H23NO2/c1-12-9-15(10-13(2)18(12)20)11-19-14(3)16-7-5-6-8-17(16)21-4/h5-10,14,19-20H,11H2,1-4H3/t14-/m1/s1. The summed E-state index contributed by atoms with van der Waals surface area (Å²) in [5, 5.41) is 13.3. The van der Waals surface area contributed by atoms with Gasteiger partial charge in [-0.2, -0.15) is 0 Å². The summed E-state index contributed by atoms with van der Waals surface area (Å²) < 4.78 is 5.40. The minimum atomic E-state index is 0.190. The van der Waals surface area contributed by atoms with Crippen LogP contribution in [0.3, 0.4) is 0 Å². The molecule has 2 N–H and O–H groups in total. The van der Waals surface area contributed by atoms with Crippen LogP contribution in [-0.4, -0.2) is 12.2 Å². The van der Waals surface area contributed by atoms with Gasteiger partial charge in [-0.3, -0.25) is 0 Å². The lowest BCUT2D eigenvalue weighted by Gasteiger charge is -2.18. The number of methoxy groups -OCH3 is 1. The molecular weight excluding hydrogens is 262 g/mol. The van der Waals surface area contributed by atoms with E-state index >= 15 is 0 Å².